The number of thiazole rings is 1. The monoisotopic (exact) mass is 313 g/mol. The summed E-state index contributed by atoms with van der Waals surface area (Å²) in [6.07, 6.45) is 0. The molecule has 0 amide bonds. The van der Waals surface area contributed by atoms with Crippen LogP contribution < -0.4 is 10.1 Å². The minimum absolute atomic E-state index is 0.475. The van der Waals surface area contributed by atoms with Crippen LogP contribution in [-0.2, 0) is 7.05 Å². The van der Waals surface area contributed by atoms with Crippen LogP contribution in [0.5, 0.6) is 0 Å². The van der Waals surface area contributed by atoms with Crippen LogP contribution in [0.1, 0.15) is 5.56 Å². The molecule has 3 nitrogen and oxygen atoms in total. The van der Waals surface area contributed by atoms with Gasteiger partial charge in [0.2, 0.25) is 0 Å². The van der Waals surface area contributed by atoms with E-state index in [0.29, 0.717) is 5.11 Å². The average Bonchev–Trinajstić information content (AvgIpc) is 2.76. The molecule has 0 aliphatic heterocycles. The Kier molecular flexibility index (Phi) is 3.86. The number of nitrogens with zero attached hydrogens (tertiary/aromatic N) is 2. The predicted octanol–water partition coefficient (Wildman–Crippen LogP) is 3.85. The Morgan fingerprint density at radius 2 is 2.00 bits per heavy atom. The molecule has 2 aromatic carbocycles. The van der Waals surface area contributed by atoms with E-state index in [-0.39, 0.29) is 0 Å². The summed E-state index contributed by atoms with van der Waals surface area (Å²) in [7, 11) is 2.01. The summed E-state index contributed by atoms with van der Waals surface area (Å²) in [5, 5.41) is 3.64. The van der Waals surface area contributed by atoms with Crippen LogP contribution in [0.15, 0.2) is 53.5 Å². The zero-order chi connectivity index (χ0) is 14.8. The number of fused-ring (bicyclic) bond motifs is 1. The van der Waals surface area contributed by atoms with Crippen LogP contribution in [-0.4, -0.2) is 9.68 Å². The first-order chi connectivity index (χ1) is 10.1. The molecule has 0 spiro atoms. The van der Waals surface area contributed by atoms with Gasteiger partial charge in [0.25, 0.3) is 0 Å². The van der Waals surface area contributed by atoms with Crippen LogP contribution in [0.3, 0.4) is 0 Å². The summed E-state index contributed by atoms with van der Waals surface area (Å²) >= 11 is 6.98. The standard InChI is InChI=1S/C16H15N3S2/c1-11-6-5-7-12(10-11)17-15(20)18-16-19(2)13-8-3-4-9-14(13)21-16/h3-10H,1-2H3,(H,17,20). The van der Waals surface area contributed by atoms with E-state index in [1.165, 1.54) is 15.8 Å². The second kappa shape index (κ2) is 5.79. The van der Waals surface area contributed by atoms with Gasteiger partial charge in [-0.3, -0.25) is 0 Å². The fourth-order valence-electron chi connectivity index (χ4n) is 2.15. The van der Waals surface area contributed by atoms with Crippen molar-refractivity contribution in [3.05, 3.63) is 58.9 Å². The topological polar surface area (TPSA) is 29.3 Å². The molecule has 1 N–H and O–H groups in total. The lowest BCUT2D eigenvalue weighted by Gasteiger charge is -2.04. The van der Waals surface area contributed by atoms with Gasteiger partial charge in [-0.05, 0) is 49.0 Å². The summed E-state index contributed by atoms with van der Waals surface area (Å²) in [4.78, 5) is 5.41. The normalized spacial score (nSPS) is 11.8. The number of aromatic nitrogens is 1. The second-order valence-corrected chi connectivity index (χ2v) is 6.22. The Balaban J connectivity index is 1.93. The van der Waals surface area contributed by atoms with Gasteiger partial charge in [-0.2, -0.15) is 4.99 Å². The maximum atomic E-state index is 5.34. The predicted molar refractivity (Wildman–Crippen MR) is 93.8 cm³/mol. The number of benzene rings is 2. The van der Waals surface area contributed by atoms with Crippen molar-refractivity contribution in [2.45, 2.75) is 6.92 Å². The van der Waals surface area contributed by atoms with E-state index in [0.717, 1.165) is 10.5 Å². The minimum Gasteiger partial charge on any atom is -0.331 e. The molecule has 0 radical (unpaired) electrons. The third-order valence-electron chi connectivity index (χ3n) is 3.18. The Labute approximate surface area is 132 Å². The zero-order valence-electron chi connectivity index (χ0n) is 11.8. The van der Waals surface area contributed by atoms with Gasteiger partial charge in [-0.15, -0.1) is 0 Å². The van der Waals surface area contributed by atoms with Crippen molar-refractivity contribution in [1.29, 1.82) is 0 Å². The van der Waals surface area contributed by atoms with E-state index < -0.39 is 0 Å². The van der Waals surface area contributed by atoms with Crippen molar-refractivity contribution in [3.8, 4) is 0 Å². The van der Waals surface area contributed by atoms with E-state index in [9.17, 15) is 0 Å². The van der Waals surface area contributed by atoms with Gasteiger partial charge in [-0.1, -0.05) is 35.6 Å². The summed E-state index contributed by atoms with van der Waals surface area (Å²) in [6.45, 7) is 2.05. The Bertz CT molecular complexity index is 874. The average molecular weight is 313 g/mol. The fraction of sp³-hybridized carbons (Fsp3) is 0.125. The van der Waals surface area contributed by atoms with Gasteiger partial charge >= 0.3 is 0 Å². The third kappa shape index (κ3) is 3.04. The molecule has 0 unspecified atom stereocenters. The SMILES string of the molecule is Cc1cccc(NC(=S)N=c2sc3ccccc3n2C)c1. The number of aryl methyl sites for hydroxylation is 2. The molecule has 0 aliphatic rings. The minimum atomic E-state index is 0.475. The van der Waals surface area contributed by atoms with Gasteiger partial charge < -0.3 is 9.88 Å². The van der Waals surface area contributed by atoms with Crippen LogP contribution in [0.4, 0.5) is 5.69 Å². The van der Waals surface area contributed by atoms with Gasteiger partial charge in [0.05, 0.1) is 10.2 Å². The van der Waals surface area contributed by atoms with Crippen LogP contribution in [0.25, 0.3) is 10.2 Å². The van der Waals surface area contributed by atoms with E-state index in [1.54, 1.807) is 11.3 Å². The highest BCUT2D eigenvalue weighted by Gasteiger charge is 2.02. The lowest BCUT2D eigenvalue weighted by molar-refractivity contribution is 0.917. The van der Waals surface area contributed by atoms with Crippen LogP contribution in [0, 0.1) is 6.92 Å². The number of hydrogen-bond donors (Lipinski definition) is 1. The number of anilines is 1. The maximum Gasteiger partial charge on any atom is 0.199 e. The smallest absolute Gasteiger partial charge is 0.199 e. The summed E-state index contributed by atoms with van der Waals surface area (Å²) in [5.41, 5.74) is 3.32. The largest absolute Gasteiger partial charge is 0.331 e. The number of nitrogens with one attached hydrogen (secondary N) is 1. The summed E-state index contributed by atoms with van der Waals surface area (Å²) in [6, 6.07) is 16.3. The zero-order valence-corrected chi connectivity index (χ0v) is 13.5. The maximum absolute atomic E-state index is 5.34. The van der Waals surface area contributed by atoms with E-state index >= 15 is 0 Å². The first-order valence-electron chi connectivity index (χ1n) is 6.60. The number of hydrogen-bond acceptors (Lipinski definition) is 2. The van der Waals surface area contributed by atoms with E-state index in [4.69, 9.17) is 12.2 Å². The van der Waals surface area contributed by atoms with Crippen molar-refractivity contribution in [1.82, 2.24) is 4.57 Å². The molecule has 21 heavy (non-hydrogen) atoms. The van der Waals surface area contributed by atoms with Crippen molar-refractivity contribution in [2.24, 2.45) is 12.0 Å². The molecular formula is C16H15N3S2. The number of rotatable bonds is 1. The number of para-hydroxylation sites is 1. The number of thiocarbonyl (C=S) groups is 1. The van der Waals surface area contributed by atoms with E-state index in [1.807, 2.05) is 37.4 Å². The fourth-order valence-corrected chi connectivity index (χ4v) is 3.44. The summed E-state index contributed by atoms with van der Waals surface area (Å²) < 4.78 is 3.27. The van der Waals surface area contributed by atoms with Gasteiger partial charge in [0, 0.05) is 12.7 Å². The Morgan fingerprint density at radius 3 is 2.76 bits per heavy atom. The third-order valence-corrected chi connectivity index (χ3v) is 4.49. The van der Waals surface area contributed by atoms with Crippen molar-refractivity contribution in [2.75, 3.05) is 5.32 Å². The molecule has 1 heterocycles. The molecule has 0 saturated heterocycles. The highest BCUT2D eigenvalue weighted by atomic mass is 32.1. The highest BCUT2D eigenvalue weighted by molar-refractivity contribution is 7.80. The van der Waals surface area contributed by atoms with Crippen LogP contribution in [0.2, 0.25) is 0 Å². The lowest BCUT2D eigenvalue weighted by atomic mass is 10.2. The molecule has 0 saturated carbocycles. The molecule has 0 fully saturated rings. The molecule has 0 aliphatic carbocycles. The molecule has 3 rings (SSSR count). The van der Waals surface area contributed by atoms with Crippen LogP contribution >= 0.6 is 23.6 Å². The molecule has 0 bridgehead atoms. The molecule has 5 heteroatoms. The molecule has 1 aromatic heterocycles. The first-order valence-corrected chi connectivity index (χ1v) is 7.83. The molecular weight excluding hydrogens is 298 g/mol. The molecule has 106 valence electrons. The lowest BCUT2D eigenvalue weighted by Crippen LogP contribution is -2.16. The second-order valence-electron chi connectivity index (χ2n) is 4.82. The van der Waals surface area contributed by atoms with Crippen molar-refractivity contribution < 1.29 is 0 Å². The first kappa shape index (κ1) is 14.0. The van der Waals surface area contributed by atoms with Gasteiger partial charge in [0.15, 0.2) is 9.91 Å². The van der Waals surface area contributed by atoms with E-state index in [2.05, 4.69) is 40.0 Å². The molecule has 0 atom stereocenters. The van der Waals surface area contributed by atoms with Crippen molar-refractivity contribution >= 4 is 44.6 Å². The Morgan fingerprint density at radius 1 is 1.19 bits per heavy atom. The molecule has 3 aromatic rings. The highest BCUT2D eigenvalue weighted by Crippen LogP contribution is 2.15. The van der Waals surface area contributed by atoms with Gasteiger partial charge in [-0.25, -0.2) is 0 Å². The van der Waals surface area contributed by atoms with Gasteiger partial charge in [0.1, 0.15) is 0 Å². The Hall–Kier alpha value is -1.98. The van der Waals surface area contributed by atoms with Crippen molar-refractivity contribution in [3.63, 3.8) is 0 Å². The quantitative estimate of drug-likeness (QED) is 0.692. The summed E-state index contributed by atoms with van der Waals surface area (Å²) in [5.74, 6) is 0.